The van der Waals surface area contributed by atoms with E-state index in [1.807, 2.05) is 11.0 Å². The van der Waals surface area contributed by atoms with Crippen LogP contribution in [0.4, 0.5) is 5.82 Å². The third-order valence-corrected chi connectivity index (χ3v) is 5.61. The van der Waals surface area contributed by atoms with E-state index in [0.29, 0.717) is 44.3 Å². The topological polar surface area (TPSA) is 78.7 Å². The van der Waals surface area contributed by atoms with Crippen LogP contribution >= 0.6 is 0 Å². The number of rotatable bonds is 4. The van der Waals surface area contributed by atoms with Gasteiger partial charge in [0.1, 0.15) is 5.76 Å². The highest BCUT2D eigenvalue weighted by atomic mass is 16.5. The van der Waals surface area contributed by atoms with Crippen LogP contribution in [0.1, 0.15) is 35.6 Å². The third-order valence-electron chi connectivity index (χ3n) is 5.61. The summed E-state index contributed by atoms with van der Waals surface area (Å²) < 4.78 is 4.96. The second-order valence-corrected chi connectivity index (χ2v) is 7.62. The number of carbonyl (C=O) groups is 2. The molecule has 0 bridgehead atoms. The number of aryl methyl sites for hydroxylation is 2. The fourth-order valence-electron chi connectivity index (χ4n) is 4.17. The maximum absolute atomic E-state index is 13.1. The summed E-state index contributed by atoms with van der Waals surface area (Å²) in [7, 11) is 0. The van der Waals surface area contributed by atoms with Crippen molar-refractivity contribution in [2.75, 3.05) is 38.0 Å². The van der Waals surface area contributed by atoms with Gasteiger partial charge in [-0.3, -0.25) is 14.5 Å². The van der Waals surface area contributed by atoms with Gasteiger partial charge in [-0.25, -0.2) is 0 Å². The Morgan fingerprint density at radius 3 is 2.75 bits per heavy atom. The van der Waals surface area contributed by atoms with Crippen molar-refractivity contribution in [3.05, 3.63) is 47.2 Å². The first kappa shape index (κ1) is 18.7. The summed E-state index contributed by atoms with van der Waals surface area (Å²) in [5, 5.41) is 6.52. The van der Waals surface area contributed by atoms with Crippen molar-refractivity contribution in [3.63, 3.8) is 0 Å². The molecular weight excluding hydrogens is 356 g/mol. The Morgan fingerprint density at radius 2 is 2.00 bits per heavy atom. The molecule has 1 aliphatic carbocycles. The smallest absolute Gasteiger partial charge is 0.239 e. The van der Waals surface area contributed by atoms with Crippen LogP contribution in [0.5, 0.6) is 0 Å². The average molecular weight is 382 g/mol. The lowest BCUT2D eigenvalue weighted by atomic mass is 9.82. The van der Waals surface area contributed by atoms with Gasteiger partial charge in [-0.2, -0.15) is 0 Å². The van der Waals surface area contributed by atoms with Gasteiger partial charge >= 0.3 is 0 Å². The van der Waals surface area contributed by atoms with Crippen LogP contribution in [0.2, 0.25) is 0 Å². The van der Waals surface area contributed by atoms with Crippen molar-refractivity contribution in [2.45, 2.75) is 32.1 Å². The van der Waals surface area contributed by atoms with Crippen molar-refractivity contribution in [1.29, 1.82) is 0 Å². The van der Waals surface area contributed by atoms with E-state index in [2.05, 4.69) is 33.6 Å². The highest BCUT2D eigenvalue weighted by Crippen LogP contribution is 2.33. The van der Waals surface area contributed by atoms with Gasteiger partial charge in [0.2, 0.25) is 11.8 Å². The van der Waals surface area contributed by atoms with E-state index < -0.39 is 0 Å². The number of fused-ring (bicyclic) bond motifs is 1. The minimum absolute atomic E-state index is 0.0183. The summed E-state index contributed by atoms with van der Waals surface area (Å²) in [6, 6.07) is 10.0. The molecule has 2 aromatic rings. The molecule has 1 aromatic carbocycles. The molecule has 1 N–H and O–H groups in total. The molecule has 7 nitrogen and oxygen atoms in total. The monoisotopic (exact) mass is 382 g/mol. The predicted octanol–water partition coefficient (Wildman–Crippen LogP) is 2.19. The predicted molar refractivity (Wildman–Crippen MR) is 105 cm³/mol. The zero-order chi connectivity index (χ0) is 19.5. The molecule has 4 rings (SSSR count). The summed E-state index contributed by atoms with van der Waals surface area (Å²) in [6.45, 7) is 4.79. The Bertz CT molecular complexity index is 855. The summed E-state index contributed by atoms with van der Waals surface area (Å²) in [6.07, 6.45) is 3.05. The molecule has 2 heterocycles. The van der Waals surface area contributed by atoms with Crippen molar-refractivity contribution in [2.24, 2.45) is 0 Å². The molecule has 2 aliphatic rings. The van der Waals surface area contributed by atoms with E-state index in [1.54, 1.807) is 13.0 Å². The Hall–Kier alpha value is -2.67. The number of amides is 2. The third kappa shape index (κ3) is 4.09. The van der Waals surface area contributed by atoms with Crippen LogP contribution in [-0.2, 0) is 16.0 Å². The molecule has 1 atom stereocenters. The number of benzene rings is 1. The lowest BCUT2D eigenvalue weighted by Crippen LogP contribution is -2.51. The van der Waals surface area contributed by atoms with E-state index >= 15 is 0 Å². The fourth-order valence-corrected chi connectivity index (χ4v) is 4.17. The Kier molecular flexibility index (Phi) is 5.43. The van der Waals surface area contributed by atoms with Crippen molar-refractivity contribution < 1.29 is 14.1 Å². The zero-order valence-electron chi connectivity index (χ0n) is 16.2. The van der Waals surface area contributed by atoms with Crippen LogP contribution in [-0.4, -0.2) is 59.5 Å². The van der Waals surface area contributed by atoms with Gasteiger partial charge in [-0.05, 0) is 37.3 Å². The van der Waals surface area contributed by atoms with Gasteiger partial charge in [-0.15, -0.1) is 0 Å². The summed E-state index contributed by atoms with van der Waals surface area (Å²) in [5.41, 5.74) is 2.51. The van der Waals surface area contributed by atoms with Crippen LogP contribution in [0.25, 0.3) is 0 Å². The highest BCUT2D eigenvalue weighted by molar-refractivity contribution is 5.91. The second kappa shape index (κ2) is 8.14. The first-order valence-corrected chi connectivity index (χ1v) is 9.92. The molecule has 0 radical (unpaired) electrons. The van der Waals surface area contributed by atoms with E-state index in [0.717, 1.165) is 19.3 Å². The van der Waals surface area contributed by atoms with Crippen LogP contribution in [0.3, 0.4) is 0 Å². The summed E-state index contributed by atoms with van der Waals surface area (Å²) in [5.74, 6) is 1.19. The van der Waals surface area contributed by atoms with Crippen molar-refractivity contribution >= 4 is 17.6 Å². The zero-order valence-corrected chi connectivity index (χ0v) is 16.2. The van der Waals surface area contributed by atoms with Crippen LogP contribution in [0, 0.1) is 6.92 Å². The Labute approximate surface area is 164 Å². The number of nitrogens with one attached hydrogen (secondary N) is 1. The molecule has 1 fully saturated rings. The van der Waals surface area contributed by atoms with E-state index in [-0.39, 0.29) is 17.7 Å². The molecular formula is C21H26N4O3. The quantitative estimate of drug-likeness (QED) is 0.877. The van der Waals surface area contributed by atoms with Crippen LogP contribution < -0.4 is 5.32 Å². The van der Waals surface area contributed by atoms with Crippen LogP contribution in [0.15, 0.2) is 34.9 Å². The maximum Gasteiger partial charge on any atom is 0.239 e. The second-order valence-electron chi connectivity index (χ2n) is 7.62. The number of piperazine rings is 1. The van der Waals surface area contributed by atoms with Gasteiger partial charge < -0.3 is 14.7 Å². The molecule has 2 amide bonds. The lowest BCUT2D eigenvalue weighted by Gasteiger charge is -2.37. The fraction of sp³-hybridized carbons (Fsp3) is 0.476. The van der Waals surface area contributed by atoms with Gasteiger partial charge in [0.05, 0.1) is 12.5 Å². The standard InChI is InChI=1S/C21H26N4O3/c1-15-13-19(23-28-15)22-20(26)14-24-9-11-25(12-10-24)21(27)18-8-4-6-16-5-2-3-7-17(16)18/h2-3,5,7,13,18H,4,6,8-12,14H2,1H3,(H,22,23,26)/t18-/m0/s1. The van der Waals surface area contributed by atoms with E-state index in [4.69, 9.17) is 4.52 Å². The molecule has 0 unspecified atom stereocenters. The first-order valence-electron chi connectivity index (χ1n) is 9.92. The molecule has 1 aromatic heterocycles. The molecule has 148 valence electrons. The highest BCUT2D eigenvalue weighted by Gasteiger charge is 2.31. The number of hydrogen-bond donors (Lipinski definition) is 1. The maximum atomic E-state index is 13.1. The molecule has 1 saturated heterocycles. The number of aromatic nitrogens is 1. The van der Waals surface area contributed by atoms with Crippen molar-refractivity contribution in [1.82, 2.24) is 15.0 Å². The number of nitrogens with zero attached hydrogens (tertiary/aromatic N) is 3. The first-order chi connectivity index (χ1) is 13.6. The van der Waals surface area contributed by atoms with E-state index in [9.17, 15) is 9.59 Å². The van der Waals surface area contributed by atoms with E-state index in [1.165, 1.54) is 11.1 Å². The van der Waals surface area contributed by atoms with Gasteiger partial charge in [-0.1, -0.05) is 29.4 Å². The van der Waals surface area contributed by atoms with Gasteiger partial charge in [0, 0.05) is 32.2 Å². The largest absolute Gasteiger partial charge is 0.360 e. The molecule has 0 spiro atoms. The number of anilines is 1. The van der Waals surface area contributed by atoms with Gasteiger partial charge in [0.15, 0.2) is 5.82 Å². The van der Waals surface area contributed by atoms with Gasteiger partial charge in [0.25, 0.3) is 0 Å². The summed E-state index contributed by atoms with van der Waals surface area (Å²) in [4.78, 5) is 29.3. The molecule has 28 heavy (non-hydrogen) atoms. The minimum atomic E-state index is -0.116. The molecule has 7 heteroatoms. The number of hydrogen-bond acceptors (Lipinski definition) is 5. The minimum Gasteiger partial charge on any atom is -0.360 e. The lowest BCUT2D eigenvalue weighted by molar-refractivity contribution is -0.135. The molecule has 1 aliphatic heterocycles. The SMILES string of the molecule is Cc1cc(NC(=O)CN2CCN(C(=O)[C@H]3CCCc4ccccc43)CC2)no1. The average Bonchev–Trinajstić information content (AvgIpc) is 3.12. The number of carbonyl (C=O) groups excluding carboxylic acids is 2. The molecule has 0 saturated carbocycles. The van der Waals surface area contributed by atoms with Crippen molar-refractivity contribution in [3.8, 4) is 0 Å². The Balaban J connectivity index is 1.29. The summed E-state index contributed by atoms with van der Waals surface area (Å²) >= 11 is 0. The normalized spacial score (nSPS) is 19.9. The Morgan fingerprint density at radius 1 is 1.21 bits per heavy atom.